The predicted octanol–water partition coefficient (Wildman–Crippen LogP) is 2.52. The van der Waals surface area contributed by atoms with Crippen molar-refractivity contribution in [3.63, 3.8) is 0 Å². The summed E-state index contributed by atoms with van der Waals surface area (Å²) in [7, 11) is -3.16. The molecule has 20 heavy (non-hydrogen) atoms. The molecular formula is C14H23NO3S2. The number of rotatable bonds is 7. The molecule has 2 rings (SSSR count). The highest BCUT2D eigenvalue weighted by atomic mass is 32.2. The zero-order valence-electron chi connectivity index (χ0n) is 11.9. The summed E-state index contributed by atoms with van der Waals surface area (Å²) in [5, 5.41) is 2.05. The van der Waals surface area contributed by atoms with Gasteiger partial charge in [-0.1, -0.05) is 19.4 Å². The maximum atomic E-state index is 12.0. The summed E-state index contributed by atoms with van der Waals surface area (Å²) < 4.78 is 32.3. The lowest BCUT2D eigenvalue weighted by molar-refractivity contribution is 0.0529. The van der Waals surface area contributed by atoms with Crippen LogP contribution in [0.25, 0.3) is 0 Å². The quantitative estimate of drug-likeness (QED) is 0.841. The number of unbranched alkanes of at least 4 members (excludes halogenated alkanes) is 1. The van der Waals surface area contributed by atoms with Crippen molar-refractivity contribution in [1.82, 2.24) is 4.72 Å². The molecule has 1 saturated heterocycles. The molecule has 4 nitrogen and oxygen atoms in total. The van der Waals surface area contributed by atoms with E-state index in [0.29, 0.717) is 26.2 Å². The van der Waals surface area contributed by atoms with Crippen LogP contribution in [0.4, 0.5) is 0 Å². The molecule has 1 aliphatic rings. The molecule has 0 aliphatic carbocycles. The second kappa shape index (κ2) is 7.02. The Bertz CT molecular complexity index is 490. The third-order valence-electron chi connectivity index (χ3n) is 3.89. The number of hydrogen-bond donors (Lipinski definition) is 1. The third kappa shape index (κ3) is 4.04. The van der Waals surface area contributed by atoms with Crippen LogP contribution in [0.5, 0.6) is 0 Å². The highest BCUT2D eigenvalue weighted by Crippen LogP contribution is 2.37. The number of hydrogen-bond acceptors (Lipinski definition) is 4. The first-order valence-corrected chi connectivity index (χ1v) is 9.70. The predicted molar refractivity (Wildman–Crippen MR) is 82.7 cm³/mol. The van der Waals surface area contributed by atoms with E-state index in [1.807, 2.05) is 13.0 Å². The molecule has 2 heterocycles. The Morgan fingerprint density at radius 2 is 2.15 bits per heavy atom. The molecule has 0 unspecified atom stereocenters. The Hall–Kier alpha value is -0.430. The summed E-state index contributed by atoms with van der Waals surface area (Å²) in [5.41, 5.74) is -0.0916. The van der Waals surface area contributed by atoms with Crippen LogP contribution >= 0.6 is 11.3 Å². The zero-order valence-corrected chi connectivity index (χ0v) is 13.6. The van der Waals surface area contributed by atoms with Gasteiger partial charge in [0, 0.05) is 30.1 Å². The average molecular weight is 317 g/mol. The zero-order chi connectivity index (χ0) is 14.5. The molecule has 0 spiro atoms. The van der Waals surface area contributed by atoms with E-state index in [1.54, 1.807) is 11.3 Å². The smallest absolute Gasteiger partial charge is 0.211 e. The lowest BCUT2D eigenvalue weighted by atomic mass is 9.79. The van der Waals surface area contributed by atoms with Gasteiger partial charge in [-0.05, 0) is 30.7 Å². The first-order valence-electron chi connectivity index (χ1n) is 7.17. The second-order valence-corrected chi connectivity index (χ2v) is 8.24. The molecule has 0 bridgehead atoms. The molecule has 6 heteroatoms. The summed E-state index contributed by atoms with van der Waals surface area (Å²) in [4.78, 5) is 1.26. The first kappa shape index (κ1) is 15.9. The molecule has 1 N–H and O–H groups in total. The van der Waals surface area contributed by atoms with Crippen LogP contribution < -0.4 is 4.72 Å². The van der Waals surface area contributed by atoms with Gasteiger partial charge in [0.05, 0.1) is 5.75 Å². The van der Waals surface area contributed by atoms with Crippen molar-refractivity contribution in [3.8, 4) is 0 Å². The van der Waals surface area contributed by atoms with Crippen molar-refractivity contribution in [2.24, 2.45) is 0 Å². The molecule has 0 amide bonds. The van der Waals surface area contributed by atoms with Gasteiger partial charge in [-0.25, -0.2) is 13.1 Å². The second-order valence-electron chi connectivity index (χ2n) is 5.36. The average Bonchev–Trinajstić information content (AvgIpc) is 2.99. The Labute approximate surface area is 125 Å². The normalized spacial score (nSPS) is 19.1. The van der Waals surface area contributed by atoms with Crippen LogP contribution in [0.2, 0.25) is 0 Å². The fraction of sp³-hybridized carbons (Fsp3) is 0.714. The number of ether oxygens (including phenoxy) is 1. The van der Waals surface area contributed by atoms with E-state index >= 15 is 0 Å². The maximum Gasteiger partial charge on any atom is 0.211 e. The van der Waals surface area contributed by atoms with Gasteiger partial charge < -0.3 is 4.74 Å². The summed E-state index contributed by atoms with van der Waals surface area (Å²) in [5.74, 6) is 0.223. The van der Waals surface area contributed by atoms with Crippen LogP contribution in [0.3, 0.4) is 0 Å². The van der Waals surface area contributed by atoms with Gasteiger partial charge in [0.1, 0.15) is 0 Å². The van der Waals surface area contributed by atoms with Crippen molar-refractivity contribution in [2.75, 3.05) is 25.5 Å². The van der Waals surface area contributed by atoms with Gasteiger partial charge in [0.25, 0.3) is 0 Å². The fourth-order valence-corrected chi connectivity index (χ4v) is 4.80. The van der Waals surface area contributed by atoms with E-state index in [2.05, 4.69) is 16.2 Å². The molecule has 1 aliphatic heterocycles. The molecule has 0 radical (unpaired) electrons. The van der Waals surface area contributed by atoms with Gasteiger partial charge in [0.15, 0.2) is 0 Å². The van der Waals surface area contributed by atoms with E-state index in [-0.39, 0.29) is 11.2 Å². The maximum absolute atomic E-state index is 12.0. The Morgan fingerprint density at radius 3 is 2.75 bits per heavy atom. The number of thiophene rings is 1. The SMILES string of the molecule is CCCCS(=O)(=O)NCC1(c2cccs2)CCOCC1. The van der Waals surface area contributed by atoms with Gasteiger partial charge in [-0.2, -0.15) is 0 Å². The lowest BCUT2D eigenvalue weighted by Crippen LogP contribution is -2.44. The van der Waals surface area contributed by atoms with E-state index in [0.717, 1.165) is 19.3 Å². The molecular weight excluding hydrogens is 294 g/mol. The van der Waals surface area contributed by atoms with Crippen molar-refractivity contribution >= 4 is 21.4 Å². The summed E-state index contributed by atoms with van der Waals surface area (Å²) in [6, 6.07) is 4.14. The van der Waals surface area contributed by atoms with Gasteiger partial charge >= 0.3 is 0 Å². The number of sulfonamides is 1. The van der Waals surface area contributed by atoms with Gasteiger partial charge in [-0.3, -0.25) is 0 Å². The van der Waals surface area contributed by atoms with Crippen LogP contribution in [0, 0.1) is 0 Å². The molecule has 0 saturated carbocycles. The minimum absolute atomic E-state index is 0.0916. The van der Waals surface area contributed by atoms with E-state index in [9.17, 15) is 8.42 Å². The van der Waals surface area contributed by atoms with Crippen LogP contribution in [-0.4, -0.2) is 33.9 Å². The molecule has 1 aromatic rings. The largest absolute Gasteiger partial charge is 0.381 e. The van der Waals surface area contributed by atoms with Crippen molar-refractivity contribution < 1.29 is 13.2 Å². The van der Waals surface area contributed by atoms with E-state index in [4.69, 9.17) is 4.74 Å². The third-order valence-corrected chi connectivity index (χ3v) is 6.42. The van der Waals surface area contributed by atoms with Crippen molar-refractivity contribution in [3.05, 3.63) is 22.4 Å². The van der Waals surface area contributed by atoms with Gasteiger partial charge in [0.2, 0.25) is 10.0 Å². The highest BCUT2D eigenvalue weighted by molar-refractivity contribution is 7.89. The Morgan fingerprint density at radius 1 is 1.40 bits per heavy atom. The van der Waals surface area contributed by atoms with E-state index < -0.39 is 10.0 Å². The van der Waals surface area contributed by atoms with Crippen LogP contribution in [0.1, 0.15) is 37.5 Å². The Balaban J connectivity index is 2.06. The monoisotopic (exact) mass is 317 g/mol. The lowest BCUT2D eigenvalue weighted by Gasteiger charge is -2.36. The topological polar surface area (TPSA) is 55.4 Å². The minimum atomic E-state index is -3.16. The summed E-state index contributed by atoms with van der Waals surface area (Å²) >= 11 is 1.71. The van der Waals surface area contributed by atoms with Crippen molar-refractivity contribution in [2.45, 2.75) is 38.0 Å². The molecule has 0 aromatic carbocycles. The number of nitrogens with one attached hydrogen (secondary N) is 1. The molecule has 1 fully saturated rings. The van der Waals surface area contributed by atoms with Gasteiger partial charge in [-0.15, -0.1) is 11.3 Å². The molecule has 114 valence electrons. The van der Waals surface area contributed by atoms with Crippen LogP contribution in [0.15, 0.2) is 17.5 Å². The fourth-order valence-electron chi connectivity index (χ4n) is 2.51. The molecule has 0 atom stereocenters. The standard InChI is InChI=1S/C14H23NO3S2/c1-2-3-11-20(16,17)15-12-14(6-8-18-9-7-14)13-5-4-10-19-13/h4-5,10,15H,2-3,6-9,11-12H2,1H3. The summed E-state index contributed by atoms with van der Waals surface area (Å²) in [6.45, 7) is 3.90. The van der Waals surface area contributed by atoms with E-state index in [1.165, 1.54) is 4.88 Å². The van der Waals surface area contributed by atoms with Crippen LogP contribution in [-0.2, 0) is 20.2 Å². The van der Waals surface area contributed by atoms with Crippen molar-refractivity contribution in [1.29, 1.82) is 0 Å². The highest BCUT2D eigenvalue weighted by Gasteiger charge is 2.36. The minimum Gasteiger partial charge on any atom is -0.381 e. The first-order chi connectivity index (χ1) is 9.58. The summed E-state index contributed by atoms with van der Waals surface area (Å²) in [6.07, 6.45) is 3.36. The Kier molecular flexibility index (Phi) is 5.60. The molecule has 1 aromatic heterocycles.